The van der Waals surface area contributed by atoms with Gasteiger partial charge in [0.1, 0.15) is 0 Å². The molecule has 64 valence electrons. The van der Waals surface area contributed by atoms with Crippen molar-refractivity contribution in [3.63, 3.8) is 0 Å². The first-order valence-corrected chi connectivity index (χ1v) is 5.14. The monoisotopic (exact) mass is 183 g/mol. The number of pyridine rings is 1. The van der Waals surface area contributed by atoms with E-state index in [2.05, 4.69) is 4.98 Å². The topological polar surface area (TPSA) is 53.4 Å². The zero-order chi connectivity index (χ0) is 8.77. The summed E-state index contributed by atoms with van der Waals surface area (Å²) in [5.74, 6) is 0. The summed E-state index contributed by atoms with van der Waals surface area (Å²) in [6, 6.07) is 1.78. The predicted octanol–water partition coefficient (Wildman–Crippen LogP) is 2.48. The molecule has 12 heavy (non-hydrogen) atoms. The van der Waals surface area contributed by atoms with Crippen LogP contribution in [0.2, 0.25) is 0 Å². The highest BCUT2D eigenvalue weighted by Gasteiger charge is 2.23. The third-order valence-electron chi connectivity index (χ3n) is 1.85. The lowest BCUT2D eigenvalue weighted by Crippen LogP contribution is -1.96. The Bertz CT molecular complexity index is 360. The Morgan fingerprint density at radius 3 is 2.83 bits per heavy atom. The molecular weight excluding hydrogens is 174 g/mol. The maximum atomic E-state index is 9.54. The van der Waals surface area contributed by atoms with Gasteiger partial charge in [-0.15, -0.1) is 10.6 Å². The van der Waals surface area contributed by atoms with Crippen LogP contribution in [0.25, 0.3) is 6.08 Å². The standard InChI is InChI=1S/C8H9NO2S/c1-6-8-7(2-4-9-6)3-5-12(8,10)11/h2-5,10-11H,1H3. The summed E-state index contributed by atoms with van der Waals surface area (Å²) in [5.41, 5.74) is 1.56. The largest absolute Gasteiger partial charge is 0.291 e. The third-order valence-corrected chi connectivity index (χ3v) is 3.50. The van der Waals surface area contributed by atoms with Crippen molar-refractivity contribution < 1.29 is 9.11 Å². The van der Waals surface area contributed by atoms with Gasteiger partial charge in [0.15, 0.2) is 0 Å². The van der Waals surface area contributed by atoms with Crippen LogP contribution in [0.1, 0.15) is 11.3 Å². The van der Waals surface area contributed by atoms with Crippen LogP contribution in [0.3, 0.4) is 0 Å². The van der Waals surface area contributed by atoms with Crippen molar-refractivity contribution >= 4 is 16.7 Å². The molecule has 1 aliphatic rings. The number of nitrogens with zero attached hydrogens (tertiary/aromatic N) is 1. The van der Waals surface area contributed by atoms with E-state index in [-0.39, 0.29) is 0 Å². The lowest BCUT2D eigenvalue weighted by atomic mass is 10.2. The first kappa shape index (κ1) is 7.79. The lowest BCUT2D eigenvalue weighted by molar-refractivity contribution is 0.499. The molecule has 1 aromatic heterocycles. The molecule has 3 nitrogen and oxygen atoms in total. The van der Waals surface area contributed by atoms with E-state index in [1.807, 2.05) is 0 Å². The van der Waals surface area contributed by atoms with Crippen molar-refractivity contribution in [2.45, 2.75) is 11.8 Å². The lowest BCUT2D eigenvalue weighted by Gasteiger charge is -2.26. The first-order valence-electron chi connectivity index (χ1n) is 3.53. The molecule has 0 amide bonds. The SMILES string of the molecule is Cc1nccc2c1S(O)(O)C=C2. The molecule has 0 unspecified atom stereocenters. The molecule has 0 saturated heterocycles. The van der Waals surface area contributed by atoms with Crippen LogP contribution in [-0.2, 0) is 0 Å². The van der Waals surface area contributed by atoms with Crippen molar-refractivity contribution in [3.05, 3.63) is 28.9 Å². The van der Waals surface area contributed by atoms with Crippen LogP contribution in [0, 0.1) is 6.92 Å². The molecule has 0 bridgehead atoms. The number of rotatable bonds is 0. The summed E-state index contributed by atoms with van der Waals surface area (Å²) in [5, 5.41) is 1.44. The average molecular weight is 183 g/mol. The minimum absolute atomic E-state index is 0.574. The second kappa shape index (κ2) is 2.32. The van der Waals surface area contributed by atoms with E-state index in [9.17, 15) is 9.11 Å². The van der Waals surface area contributed by atoms with Crippen LogP contribution < -0.4 is 0 Å². The van der Waals surface area contributed by atoms with Gasteiger partial charge in [-0.05, 0) is 19.1 Å². The minimum atomic E-state index is -2.68. The minimum Gasteiger partial charge on any atom is -0.291 e. The molecule has 1 aliphatic heterocycles. The average Bonchev–Trinajstić information content (AvgIpc) is 2.29. The third kappa shape index (κ3) is 0.964. The van der Waals surface area contributed by atoms with E-state index < -0.39 is 10.6 Å². The number of aryl methyl sites for hydroxylation is 1. The van der Waals surface area contributed by atoms with Gasteiger partial charge in [-0.25, -0.2) is 0 Å². The summed E-state index contributed by atoms with van der Waals surface area (Å²) in [7, 11) is -2.68. The summed E-state index contributed by atoms with van der Waals surface area (Å²) in [6.07, 6.45) is 3.39. The summed E-state index contributed by atoms with van der Waals surface area (Å²) < 4.78 is 19.1. The Balaban J connectivity index is 2.70. The number of aromatic nitrogens is 1. The quantitative estimate of drug-likeness (QED) is 0.649. The summed E-state index contributed by atoms with van der Waals surface area (Å²) in [4.78, 5) is 4.58. The van der Waals surface area contributed by atoms with E-state index in [0.29, 0.717) is 10.6 Å². The second-order valence-electron chi connectivity index (χ2n) is 2.71. The Kier molecular flexibility index (Phi) is 1.51. The normalized spacial score (nSPS) is 20.6. The van der Waals surface area contributed by atoms with E-state index >= 15 is 0 Å². The van der Waals surface area contributed by atoms with Gasteiger partial charge < -0.3 is 0 Å². The highest BCUT2D eigenvalue weighted by molar-refractivity contribution is 8.27. The Labute approximate surface area is 72.1 Å². The van der Waals surface area contributed by atoms with Gasteiger partial charge in [0.25, 0.3) is 0 Å². The highest BCUT2D eigenvalue weighted by atomic mass is 32.3. The van der Waals surface area contributed by atoms with Gasteiger partial charge in [0, 0.05) is 17.2 Å². The predicted molar refractivity (Wildman–Crippen MR) is 49.1 cm³/mol. The van der Waals surface area contributed by atoms with E-state index in [1.54, 1.807) is 25.3 Å². The maximum Gasteiger partial charge on any atom is 0.0915 e. The Hall–Kier alpha value is -0.840. The van der Waals surface area contributed by atoms with Crippen LogP contribution in [0.4, 0.5) is 0 Å². The van der Waals surface area contributed by atoms with Crippen LogP contribution >= 0.6 is 10.6 Å². The van der Waals surface area contributed by atoms with Crippen LogP contribution in [0.15, 0.2) is 22.6 Å². The van der Waals surface area contributed by atoms with Gasteiger partial charge in [-0.3, -0.25) is 14.1 Å². The zero-order valence-corrected chi connectivity index (χ0v) is 7.38. The molecule has 0 aromatic carbocycles. The highest BCUT2D eigenvalue weighted by Crippen LogP contribution is 2.56. The number of hydrogen-bond donors (Lipinski definition) is 2. The van der Waals surface area contributed by atoms with Gasteiger partial charge in [-0.1, -0.05) is 0 Å². The maximum absolute atomic E-state index is 9.54. The number of hydrogen-bond acceptors (Lipinski definition) is 3. The van der Waals surface area contributed by atoms with Crippen molar-refractivity contribution in [1.82, 2.24) is 4.98 Å². The molecule has 1 aromatic rings. The molecule has 0 spiro atoms. The fourth-order valence-electron chi connectivity index (χ4n) is 1.33. The zero-order valence-electron chi connectivity index (χ0n) is 6.56. The van der Waals surface area contributed by atoms with Gasteiger partial charge in [0.2, 0.25) is 0 Å². The molecule has 2 rings (SSSR count). The molecule has 4 heteroatoms. The van der Waals surface area contributed by atoms with Crippen LogP contribution in [-0.4, -0.2) is 14.1 Å². The summed E-state index contributed by atoms with van der Waals surface area (Å²) in [6.45, 7) is 1.78. The van der Waals surface area contributed by atoms with E-state index in [0.717, 1.165) is 5.56 Å². The first-order chi connectivity index (χ1) is 5.61. The smallest absolute Gasteiger partial charge is 0.0915 e. The Morgan fingerprint density at radius 1 is 1.42 bits per heavy atom. The summed E-state index contributed by atoms with van der Waals surface area (Å²) >= 11 is 0. The van der Waals surface area contributed by atoms with Crippen molar-refractivity contribution in [2.75, 3.05) is 0 Å². The molecule has 0 saturated carbocycles. The molecule has 2 heterocycles. The molecule has 0 fully saturated rings. The molecule has 0 radical (unpaired) electrons. The van der Waals surface area contributed by atoms with Crippen molar-refractivity contribution in [2.24, 2.45) is 0 Å². The van der Waals surface area contributed by atoms with Gasteiger partial charge in [0.05, 0.1) is 10.6 Å². The second-order valence-corrected chi connectivity index (χ2v) is 4.58. The molecule has 0 atom stereocenters. The number of fused-ring (bicyclic) bond motifs is 1. The van der Waals surface area contributed by atoms with E-state index in [4.69, 9.17) is 0 Å². The Morgan fingerprint density at radius 2 is 2.17 bits per heavy atom. The van der Waals surface area contributed by atoms with Gasteiger partial charge in [-0.2, -0.15) is 0 Å². The van der Waals surface area contributed by atoms with E-state index in [1.165, 1.54) is 5.41 Å². The molecule has 0 aliphatic carbocycles. The van der Waals surface area contributed by atoms with Crippen LogP contribution in [0.5, 0.6) is 0 Å². The van der Waals surface area contributed by atoms with Gasteiger partial charge >= 0.3 is 0 Å². The fraction of sp³-hybridized carbons (Fsp3) is 0.125. The molecular formula is C8H9NO2S. The fourth-order valence-corrected chi connectivity index (χ4v) is 2.77. The van der Waals surface area contributed by atoms with Crippen molar-refractivity contribution in [3.8, 4) is 0 Å². The molecule has 2 N–H and O–H groups in total. The van der Waals surface area contributed by atoms with Crippen molar-refractivity contribution in [1.29, 1.82) is 0 Å².